The van der Waals surface area contributed by atoms with Crippen LogP contribution in [0.3, 0.4) is 0 Å². The predicted octanol–water partition coefficient (Wildman–Crippen LogP) is 4.83. The molecule has 0 unspecified atom stereocenters. The Hall–Kier alpha value is -3.52. The van der Waals surface area contributed by atoms with Gasteiger partial charge >= 0.3 is 0 Å². The van der Waals surface area contributed by atoms with Gasteiger partial charge in [-0.3, -0.25) is 9.10 Å². The summed E-state index contributed by atoms with van der Waals surface area (Å²) in [7, 11) is -2.37. The second-order valence-corrected chi connectivity index (χ2v) is 11.7. The lowest BCUT2D eigenvalue weighted by Gasteiger charge is -2.36. The van der Waals surface area contributed by atoms with Crippen molar-refractivity contribution in [2.24, 2.45) is 0 Å². The molecule has 36 heavy (non-hydrogen) atoms. The zero-order valence-electron chi connectivity index (χ0n) is 21.2. The third-order valence-corrected chi connectivity index (χ3v) is 8.08. The Morgan fingerprint density at radius 2 is 1.72 bits per heavy atom. The minimum absolute atomic E-state index is 0.150. The van der Waals surface area contributed by atoms with Gasteiger partial charge in [-0.25, -0.2) is 8.42 Å². The van der Waals surface area contributed by atoms with E-state index in [4.69, 9.17) is 9.47 Å². The van der Waals surface area contributed by atoms with Crippen molar-refractivity contribution in [1.29, 1.82) is 0 Å². The van der Waals surface area contributed by atoms with Gasteiger partial charge in [0.1, 0.15) is 11.5 Å². The molecule has 0 saturated heterocycles. The number of nitrogens with one attached hydrogen (secondary N) is 1. The van der Waals surface area contributed by atoms with Crippen molar-refractivity contribution in [3.63, 3.8) is 0 Å². The molecule has 8 heteroatoms. The molecule has 0 fully saturated rings. The first-order chi connectivity index (χ1) is 17.0. The van der Waals surface area contributed by atoms with Gasteiger partial charge in [0, 0.05) is 5.56 Å². The van der Waals surface area contributed by atoms with Crippen molar-refractivity contribution in [2.45, 2.75) is 50.2 Å². The second-order valence-electron chi connectivity index (χ2n) is 9.86. The first-order valence-corrected chi connectivity index (χ1v) is 13.3. The largest absolute Gasteiger partial charge is 0.496 e. The van der Waals surface area contributed by atoms with E-state index in [1.165, 1.54) is 4.31 Å². The number of hydrogen-bond donors (Lipinski definition) is 1. The molecule has 3 aromatic rings. The minimum Gasteiger partial charge on any atom is -0.496 e. The van der Waals surface area contributed by atoms with E-state index in [1.807, 2.05) is 43.3 Å². The Morgan fingerprint density at radius 3 is 2.39 bits per heavy atom. The summed E-state index contributed by atoms with van der Waals surface area (Å²) in [5.41, 5.74) is 2.00. The summed E-state index contributed by atoms with van der Waals surface area (Å²) < 4.78 is 40.2. The lowest BCUT2D eigenvalue weighted by Crippen LogP contribution is -2.51. The number of sulfonamides is 1. The number of methoxy groups -OCH3 is 1. The summed E-state index contributed by atoms with van der Waals surface area (Å²) in [4.78, 5) is 13.5. The van der Waals surface area contributed by atoms with Gasteiger partial charge in [-0.15, -0.1) is 0 Å². The number of benzene rings is 3. The van der Waals surface area contributed by atoms with Crippen molar-refractivity contribution < 1.29 is 22.7 Å². The molecule has 1 aliphatic rings. The van der Waals surface area contributed by atoms with E-state index in [1.54, 1.807) is 43.5 Å². The van der Waals surface area contributed by atoms with Gasteiger partial charge in [0.15, 0.2) is 6.10 Å². The van der Waals surface area contributed by atoms with Crippen LogP contribution in [0.1, 0.15) is 44.9 Å². The Morgan fingerprint density at radius 1 is 1.06 bits per heavy atom. The Kier molecular flexibility index (Phi) is 7.00. The normalized spacial score (nSPS) is 16.5. The van der Waals surface area contributed by atoms with Crippen LogP contribution in [0, 0.1) is 0 Å². The summed E-state index contributed by atoms with van der Waals surface area (Å²) >= 11 is 0. The maximum Gasteiger partial charge on any atom is 0.264 e. The molecule has 0 bridgehead atoms. The van der Waals surface area contributed by atoms with Crippen LogP contribution in [0.5, 0.6) is 11.5 Å². The molecule has 3 aromatic carbocycles. The maximum absolute atomic E-state index is 13.7. The zero-order valence-corrected chi connectivity index (χ0v) is 22.0. The van der Waals surface area contributed by atoms with Gasteiger partial charge < -0.3 is 14.8 Å². The smallest absolute Gasteiger partial charge is 0.264 e. The van der Waals surface area contributed by atoms with Crippen LogP contribution < -0.4 is 19.1 Å². The average Bonchev–Trinajstić information content (AvgIpc) is 2.87. The third kappa shape index (κ3) is 5.04. The van der Waals surface area contributed by atoms with Gasteiger partial charge in [0.05, 0.1) is 30.3 Å². The molecule has 190 valence electrons. The third-order valence-electron chi connectivity index (χ3n) is 6.28. The molecule has 4 rings (SSSR count). The van der Waals surface area contributed by atoms with E-state index >= 15 is 0 Å². The molecule has 7 nitrogen and oxygen atoms in total. The molecular weight excluding hydrogens is 476 g/mol. The van der Waals surface area contributed by atoms with Gasteiger partial charge in [-0.1, -0.05) is 63.2 Å². The Bertz CT molecular complexity index is 1350. The van der Waals surface area contributed by atoms with Crippen LogP contribution in [0.2, 0.25) is 0 Å². The van der Waals surface area contributed by atoms with Gasteiger partial charge in [-0.2, -0.15) is 0 Å². The fraction of sp³-hybridized carbons (Fsp3) is 0.321. The number of hydrogen-bond acceptors (Lipinski definition) is 5. The molecule has 2 atom stereocenters. The van der Waals surface area contributed by atoms with Gasteiger partial charge in [-0.05, 0) is 48.2 Å². The fourth-order valence-corrected chi connectivity index (χ4v) is 5.70. The highest BCUT2D eigenvalue weighted by Crippen LogP contribution is 2.40. The van der Waals surface area contributed by atoms with Crippen LogP contribution in [0.4, 0.5) is 5.69 Å². The molecule has 0 aliphatic carbocycles. The quantitative estimate of drug-likeness (QED) is 0.516. The highest BCUT2D eigenvalue weighted by molar-refractivity contribution is 7.92. The molecular formula is C28H32N2O5S. The van der Waals surface area contributed by atoms with Crippen molar-refractivity contribution in [3.05, 3.63) is 83.9 Å². The van der Waals surface area contributed by atoms with E-state index in [-0.39, 0.29) is 22.9 Å². The number of carbonyl (C=O) groups excluding carboxylic acids is 1. The second kappa shape index (κ2) is 9.85. The molecule has 1 amide bonds. The fourth-order valence-electron chi connectivity index (χ4n) is 4.21. The van der Waals surface area contributed by atoms with Crippen LogP contribution in [0.15, 0.2) is 77.7 Å². The lowest BCUT2D eigenvalue weighted by molar-refractivity contribution is -0.128. The molecule has 0 aromatic heterocycles. The maximum atomic E-state index is 13.7. The molecule has 1 aliphatic heterocycles. The van der Waals surface area contributed by atoms with Crippen LogP contribution in [-0.2, 0) is 20.2 Å². The summed E-state index contributed by atoms with van der Waals surface area (Å²) in [5, 5.41) is 2.95. The first-order valence-electron chi connectivity index (χ1n) is 11.8. The first kappa shape index (κ1) is 25.6. The average molecular weight is 509 g/mol. The molecule has 1 N–H and O–H groups in total. The zero-order chi connectivity index (χ0) is 26.1. The summed E-state index contributed by atoms with van der Waals surface area (Å²) in [5.74, 6) is 0.592. The lowest BCUT2D eigenvalue weighted by atomic mass is 9.86. The summed E-state index contributed by atoms with van der Waals surface area (Å²) in [6, 6.07) is 20.8. The van der Waals surface area contributed by atoms with E-state index in [0.29, 0.717) is 17.2 Å². The highest BCUT2D eigenvalue weighted by Gasteiger charge is 2.38. The van der Waals surface area contributed by atoms with Gasteiger partial charge in [0.25, 0.3) is 15.9 Å². The van der Waals surface area contributed by atoms with Crippen molar-refractivity contribution in [3.8, 4) is 11.5 Å². The summed E-state index contributed by atoms with van der Waals surface area (Å²) in [6.07, 6.45) is -1.03. The Labute approximate surface area is 213 Å². The van der Waals surface area contributed by atoms with Crippen molar-refractivity contribution >= 4 is 21.6 Å². The minimum atomic E-state index is -3.94. The number of fused-ring (bicyclic) bond motifs is 1. The van der Waals surface area contributed by atoms with E-state index in [2.05, 4.69) is 26.1 Å². The monoisotopic (exact) mass is 508 g/mol. The summed E-state index contributed by atoms with van der Waals surface area (Å²) in [6.45, 7) is 7.88. The number of amides is 1. The van der Waals surface area contributed by atoms with Crippen molar-refractivity contribution in [1.82, 2.24) is 5.32 Å². The highest BCUT2D eigenvalue weighted by atomic mass is 32.2. The number of carbonyl (C=O) groups is 1. The molecule has 0 spiro atoms. The predicted molar refractivity (Wildman–Crippen MR) is 140 cm³/mol. The molecule has 0 saturated carbocycles. The van der Waals surface area contributed by atoms with E-state index in [0.717, 1.165) is 11.1 Å². The van der Waals surface area contributed by atoms with E-state index in [9.17, 15) is 13.2 Å². The number of rotatable bonds is 6. The van der Waals surface area contributed by atoms with Crippen LogP contribution >= 0.6 is 0 Å². The standard InChI is InChI=1S/C28H32N2O5S/c1-19(22-13-9-10-14-24(22)34-5)29-27(31)26-18-30(36(32,33)21-11-7-6-8-12-21)23-17-20(28(2,3)4)15-16-25(23)35-26/h6-17,19,26H,18H2,1-5H3,(H,29,31)/t19-,26+/m0/s1. The Balaban J connectivity index is 1.69. The van der Waals surface area contributed by atoms with Crippen LogP contribution in [-0.4, -0.2) is 34.1 Å². The number of ether oxygens (including phenoxy) is 2. The SMILES string of the molecule is COc1ccccc1[C@H](C)NC(=O)[C@H]1CN(S(=O)(=O)c2ccccc2)c2cc(C(C)(C)C)ccc2O1. The van der Waals surface area contributed by atoms with Crippen LogP contribution in [0.25, 0.3) is 0 Å². The van der Waals surface area contributed by atoms with Gasteiger partial charge in [0.2, 0.25) is 0 Å². The topological polar surface area (TPSA) is 84.9 Å². The van der Waals surface area contributed by atoms with E-state index < -0.39 is 22.0 Å². The van der Waals surface area contributed by atoms with Crippen molar-refractivity contribution in [2.75, 3.05) is 18.0 Å². The number of para-hydroxylation sites is 1. The number of nitrogens with zero attached hydrogens (tertiary/aromatic N) is 1. The number of anilines is 1. The molecule has 0 radical (unpaired) electrons. The molecule has 1 heterocycles.